The first-order valence-corrected chi connectivity index (χ1v) is 7.05. The van der Waals surface area contributed by atoms with Crippen LogP contribution in [-0.2, 0) is 6.54 Å². The predicted molar refractivity (Wildman–Crippen MR) is 72.8 cm³/mol. The van der Waals surface area contributed by atoms with Gasteiger partial charge in [-0.1, -0.05) is 0 Å². The van der Waals surface area contributed by atoms with Crippen LogP contribution in [0, 0.1) is 0 Å². The summed E-state index contributed by atoms with van der Waals surface area (Å²) in [4.78, 5) is 16.9. The molecule has 2 fully saturated rings. The molecule has 0 unspecified atom stereocenters. The van der Waals surface area contributed by atoms with Gasteiger partial charge in [0.05, 0.1) is 11.9 Å². The number of hydrogen-bond acceptors (Lipinski definition) is 4. The Kier molecular flexibility index (Phi) is 3.18. The van der Waals surface area contributed by atoms with E-state index in [9.17, 15) is 4.79 Å². The number of rotatable bonds is 3. The summed E-state index contributed by atoms with van der Waals surface area (Å²) >= 11 is 0. The standard InChI is InChI=1S/C13H21N5O/c1-2-18-12(11(14)9-15-18)13(19)17-7-5-16(6-8-17)10-3-4-10/h9-10H,2-8,14H2,1H3. The lowest BCUT2D eigenvalue weighted by Crippen LogP contribution is -2.49. The van der Waals surface area contributed by atoms with Crippen LogP contribution in [0.15, 0.2) is 6.20 Å². The van der Waals surface area contributed by atoms with Crippen molar-refractivity contribution in [1.29, 1.82) is 0 Å². The van der Waals surface area contributed by atoms with Gasteiger partial charge in [-0.05, 0) is 19.8 Å². The third-order valence-electron chi connectivity index (χ3n) is 4.03. The molecule has 1 saturated heterocycles. The van der Waals surface area contributed by atoms with Crippen molar-refractivity contribution >= 4 is 11.6 Å². The van der Waals surface area contributed by atoms with E-state index in [1.165, 1.54) is 12.8 Å². The zero-order chi connectivity index (χ0) is 13.4. The van der Waals surface area contributed by atoms with Crippen molar-refractivity contribution in [3.8, 4) is 0 Å². The molecule has 0 atom stereocenters. The van der Waals surface area contributed by atoms with Crippen molar-refractivity contribution < 1.29 is 4.79 Å². The second kappa shape index (κ2) is 4.85. The number of nitrogen functional groups attached to an aromatic ring is 1. The number of aromatic nitrogens is 2. The summed E-state index contributed by atoms with van der Waals surface area (Å²) in [6.07, 6.45) is 4.21. The van der Waals surface area contributed by atoms with E-state index in [1.54, 1.807) is 10.9 Å². The molecule has 3 rings (SSSR count). The number of hydrogen-bond donors (Lipinski definition) is 1. The first-order chi connectivity index (χ1) is 9.20. The van der Waals surface area contributed by atoms with E-state index in [4.69, 9.17) is 5.73 Å². The quantitative estimate of drug-likeness (QED) is 0.857. The van der Waals surface area contributed by atoms with Crippen molar-refractivity contribution in [1.82, 2.24) is 19.6 Å². The number of amides is 1. The fraction of sp³-hybridized carbons (Fsp3) is 0.692. The Balaban J connectivity index is 1.68. The molecule has 2 aliphatic rings. The zero-order valence-corrected chi connectivity index (χ0v) is 11.4. The van der Waals surface area contributed by atoms with E-state index >= 15 is 0 Å². The average Bonchev–Trinajstić information content (AvgIpc) is 3.21. The highest BCUT2D eigenvalue weighted by molar-refractivity contribution is 5.97. The van der Waals surface area contributed by atoms with Gasteiger partial charge in [-0.2, -0.15) is 5.10 Å². The minimum Gasteiger partial charge on any atom is -0.396 e. The van der Waals surface area contributed by atoms with E-state index in [1.807, 2.05) is 11.8 Å². The number of carbonyl (C=O) groups is 1. The predicted octanol–water partition coefficient (Wildman–Crippen LogP) is 0.405. The van der Waals surface area contributed by atoms with Crippen LogP contribution < -0.4 is 5.73 Å². The Morgan fingerprint density at radius 2 is 2.05 bits per heavy atom. The molecule has 1 amide bonds. The topological polar surface area (TPSA) is 67.4 Å². The van der Waals surface area contributed by atoms with Gasteiger partial charge in [-0.25, -0.2) is 0 Å². The maximum absolute atomic E-state index is 12.5. The van der Waals surface area contributed by atoms with Gasteiger partial charge in [0.2, 0.25) is 0 Å². The first-order valence-electron chi connectivity index (χ1n) is 7.05. The number of anilines is 1. The van der Waals surface area contributed by atoms with E-state index in [0.29, 0.717) is 17.9 Å². The summed E-state index contributed by atoms with van der Waals surface area (Å²) in [5, 5.41) is 4.14. The fourth-order valence-corrected chi connectivity index (χ4v) is 2.75. The van der Waals surface area contributed by atoms with Crippen LogP contribution in [0.1, 0.15) is 30.3 Å². The molecular formula is C13H21N5O. The lowest BCUT2D eigenvalue weighted by molar-refractivity contribution is 0.0616. The van der Waals surface area contributed by atoms with Gasteiger partial charge >= 0.3 is 0 Å². The normalized spacial score (nSPS) is 20.8. The fourth-order valence-electron chi connectivity index (χ4n) is 2.75. The van der Waals surface area contributed by atoms with Gasteiger partial charge in [-0.3, -0.25) is 14.4 Å². The van der Waals surface area contributed by atoms with Crippen molar-refractivity contribution in [2.75, 3.05) is 31.9 Å². The molecule has 19 heavy (non-hydrogen) atoms. The van der Waals surface area contributed by atoms with Gasteiger partial charge in [0.25, 0.3) is 5.91 Å². The lowest BCUT2D eigenvalue weighted by Gasteiger charge is -2.34. The van der Waals surface area contributed by atoms with Crippen molar-refractivity contribution in [3.63, 3.8) is 0 Å². The smallest absolute Gasteiger partial charge is 0.274 e. The third kappa shape index (κ3) is 2.32. The first kappa shape index (κ1) is 12.5. The Labute approximate surface area is 113 Å². The highest BCUT2D eigenvalue weighted by Crippen LogP contribution is 2.27. The number of nitrogens with two attached hydrogens (primary N) is 1. The number of carbonyl (C=O) groups excluding carboxylic acids is 1. The van der Waals surface area contributed by atoms with E-state index in [2.05, 4.69) is 10.00 Å². The molecule has 0 bridgehead atoms. The summed E-state index contributed by atoms with van der Waals surface area (Å²) in [5.74, 6) is 0.0206. The molecule has 2 heterocycles. The summed E-state index contributed by atoms with van der Waals surface area (Å²) in [7, 11) is 0. The molecular weight excluding hydrogens is 242 g/mol. The molecule has 1 aromatic heterocycles. The lowest BCUT2D eigenvalue weighted by atomic mass is 10.2. The molecule has 2 N–H and O–H groups in total. The minimum absolute atomic E-state index is 0.0206. The van der Waals surface area contributed by atoms with Gasteiger partial charge in [0.15, 0.2) is 0 Å². The van der Waals surface area contributed by atoms with Crippen LogP contribution in [0.2, 0.25) is 0 Å². The molecule has 0 radical (unpaired) electrons. The minimum atomic E-state index is 0.0206. The van der Waals surface area contributed by atoms with Crippen molar-refractivity contribution in [3.05, 3.63) is 11.9 Å². The van der Waals surface area contributed by atoms with Crippen molar-refractivity contribution in [2.45, 2.75) is 32.4 Å². The largest absolute Gasteiger partial charge is 0.396 e. The highest BCUT2D eigenvalue weighted by Gasteiger charge is 2.33. The van der Waals surface area contributed by atoms with Crippen LogP contribution in [-0.4, -0.2) is 57.7 Å². The second-order valence-corrected chi connectivity index (χ2v) is 5.32. The number of piperazine rings is 1. The van der Waals surface area contributed by atoms with E-state index in [0.717, 1.165) is 32.2 Å². The second-order valence-electron chi connectivity index (χ2n) is 5.32. The van der Waals surface area contributed by atoms with E-state index in [-0.39, 0.29) is 5.91 Å². The number of nitrogens with zero attached hydrogens (tertiary/aromatic N) is 4. The molecule has 6 nitrogen and oxygen atoms in total. The average molecular weight is 263 g/mol. The monoisotopic (exact) mass is 263 g/mol. The molecule has 6 heteroatoms. The molecule has 1 aliphatic heterocycles. The zero-order valence-electron chi connectivity index (χ0n) is 11.4. The van der Waals surface area contributed by atoms with Gasteiger partial charge in [-0.15, -0.1) is 0 Å². The maximum Gasteiger partial charge on any atom is 0.274 e. The molecule has 104 valence electrons. The summed E-state index contributed by atoms with van der Waals surface area (Å²) in [6, 6.07) is 0.781. The summed E-state index contributed by atoms with van der Waals surface area (Å²) in [5.41, 5.74) is 6.90. The molecule has 1 aromatic rings. The van der Waals surface area contributed by atoms with Gasteiger partial charge in [0, 0.05) is 38.8 Å². The van der Waals surface area contributed by atoms with Gasteiger partial charge in [0.1, 0.15) is 5.69 Å². The summed E-state index contributed by atoms with van der Waals surface area (Å²) in [6.45, 7) is 6.19. The third-order valence-corrected chi connectivity index (χ3v) is 4.03. The summed E-state index contributed by atoms with van der Waals surface area (Å²) < 4.78 is 1.69. The maximum atomic E-state index is 12.5. The Bertz CT molecular complexity index is 471. The van der Waals surface area contributed by atoms with Crippen LogP contribution in [0.25, 0.3) is 0 Å². The van der Waals surface area contributed by atoms with E-state index < -0.39 is 0 Å². The van der Waals surface area contributed by atoms with Crippen LogP contribution in [0.4, 0.5) is 5.69 Å². The highest BCUT2D eigenvalue weighted by atomic mass is 16.2. The molecule has 0 spiro atoms. The van der Waals surface area contributed by atoms with Crippen molar-refractivity contribution in [2.24, 2.45) is 0 Å². The molecule has 0 aromatic carbocycles. The number of aryl methyl sites for hydroxylation is 1. The Morgan fingerprint density at radius 3 is 2.63 bits per heavy atom. The van der Waals surface area contributed by atoms with Gasteiger partial charge < -0.3 is 10.6 Å². The Hall–Kier alpha value is -1.56. The molecule has 1 aliphatic carbocycles. The van der Waals surface area contributed by atoms with Crippen LogP contribution >= 0.6 is 0 Å². The van der Waals surface area contributed by atoms with Crippen LogP contribution in [0.5, 0.6) is 0 Å². The Morgan fingerprint density at radius 1 is 1.37 bits per heavy atom. The molecule has 1 saturated carbocycles. The SMILES string of the molecule is CCn1ncc(N)c1C(=O)N1CCN(C2CC2)CC1. The van der Waals surface area contributed by atoms with Crippen LogP contribution in [0.3, 0.4) is 0 Å².